The molecule has 0 bridgehead atoms. The minimum absolute atomic E-state index is 0.0892. The van der Waals surface area contributed by atoms with Gasteiger partial charge in [-0.3, -0.25) is 0 Å². The van der Waals surface area contributed by atoms with Crippen LogP contribution in [0.3, 0.4) is 0 Å². The van der Waals surface area contributed by atoms with E-state index in [1.165, 1.54) is 0 Å². The molecule has 0 amide bonds. The Morgan fingerprint density at radius 1 is 1.11 bits per heavy atom. The lowest BCUT2D eigenvalue weighted by Gasteiger charge is -2.32. The zero-order valence-corrected chi connectivity index (χ0v) is 13.4. The highest BCUT2D eigenvalue weighted by Gasteiger charge is 2.24. The van der Waals surface area contributed by atoms with Gasteiger partial charge in [0.15, 0.2) is 0 Å². The van der Waals surface area contributed by atoms with E-state index in [4.69, 9.17) is 9.47 Å². The van der Waals surface area contributed by atoms with Crippen molar-refractivity contribution in [1.29, 1.82) is 0 Å². The Labute approximate surface area is 114 Å². The molecule has 0 aromatic carbocycles. The van der Waals surface area contributed by atoms with Crippen molar-refractivity contribution in [3.8, 4) is 0 Å². The molecule has 110 valence electrons. The van der Waals surface area contributed by atoms with Crippen molar-refractivity contribution in [2.75, 3.05) is 26.9 Å². The molecule has 0 rings (SSSR count). The molecule has 3 heteroatoms. The molecule has 0 aliphatic carbocycles. The van der Waals surface area contributed by atoms with E-state index in [-0.39, 0.29) is 11.0 Å². The van der Waals surface area contributed by atoms with Crippen LogP contribution in [0.5, 0.6) is 0 Å². The van der Waals surface area contributed by atoms with E-state index in [1.54, 1.807) is 7.11 Å². The summed E-state index contributed by atoms with van der Waals surface area (Å²) >= 11 is 0. The van der Waals surface area contributed by atoms with Crippen LogP contribution in [0.4, 0.5) is 0 Å². The first kappa shape index (κ1) is 17.9. The van der Waals surface area contributed by atoms with E-state index in [0.29, 0.717) is 6.04 Å². The summed E-state index contributed by atoms with van der Waals surface area (Å²) in [5.74, 6) is 0. The number of rotatable bonds is 9. The molecule has 1 N–H and O–H groups in total. The van der Waals surface area contributed by atoms with Crippen molar-refractivity contribution in [2.24, 2.45) is 5.41 Å². The summed E-state index contributed by atoms with van der Waals surface area (Å²) in [6.07, 6.45) is 2.08. The highest BCUT2D eigenvalue weighted by atomic mass is 16.5. The SMILES string of the molecule is CCCNC(COCCC(C)(C)OC)C(C)(C)C. The van der Waals surface area contributed by atoms with E-state index in [2.05, 4.69) is 46.9 Å². The van der Waals surface area contributed by atoms with Crippen molar-refractivity contribution < 1.29 is 9.47 Å². The third-order valence-corrected chi connectivity index (χ3v) is 3.37. The zero-order chi connectivity index (χ0) is 14.2. The highest BCUT2D eigenvalue weighted by Crippen LogP contribution is 2.20. The smallest absolute Gasteiger partial charge is 0.0644 e. The lowest BCUT2D eigenvalue weighted by molar-refractivity contribution is -0.0165. The van der Waals surface area contributed by atoms with Crippen molar-refractivity contribution in [3.63, 3.8) is 0 Å². The molecule has 0 spiro atoms. The second-order valence-corrected chi connectivity index (χ2v) is 6.66. The first-order chi connectivity index (χ1) is 8.23. The molecule has 0 aliphatic rings. The summed E-state index contributed by atoms with van der Waals surface area (Å²) in [4.78, 5) is 0. The number of hydrogen-bond donors (Lipinski definition) is 1. The molecule has 1 atom stereocenters. The fraction of sp³-hybridized carbons (Fsp3) is 1.00. The maximum Gasteiger partial charge on any atom is 0.0644 e. The summed E-state index contributed by atoms with van der Waals surface area (Å²) in [5, 5.41) is 3.56. The van der Waals surface area contributed by atoms with Crippen LogP contribution in [0.15, 0.2) is 0 Å². The van der Waals surface area contributed by atoms with Gasteiger partial charge >= 0.3 is 0 Å². The number of hydrogen-bond acceptors (Lipinski definition) is 3. The van der Waals surface area contributed by atoms with Gasteiger partial charge in [0.2, 0.25) is 0 Å². The van der Waals surface area contributed by atoms with Crippen LogP contribution in [0.2, 0.25) is 0 Å². The van der Waals surface area contributed by atoms with Crippen LogP contribution >= 0.6 is 0 Å². The van der Waals surface area contributed by atoms with Crippen LogP contribution < -0.4 is 5.32 Å². The Hall–Kier alpha value is -0.120. The van der Waals surface area contributed by atoms with Gasteiger partial charge in [0.05, 0.1) is 12.2 Å². The predicted molar refractivity (Wildman–Crippen MR) is 78.1 cm³/mol. The van der Waals surface area contributed by atoms with E-state index < -0.39 is 0 Å². The molecule has 0 radical (unpaired) electrons. The summed E-state index contributed by atoms with van der Waals surface area (Å²) < 4.78 is 11.2. The molecule has 0 aliphatic heterocycles. The molecule has 18 heavy (non-hydrogen) atoms. The quantitative estimate of drug-likeness (QED) is 0.645. The predicted octanol–water partition coefficient (Wildman–Crippen LogP) is 3.23. The average molecular weight is 259 g/mol. The Bertz CT molecular complexity index is 209. The normalized spacial score (nSPS) is 14.8. The van der Waals surface area contributed by atoms with Gasteiger partial charge in [-0.1, -0.05) is 27.7 Å². The Balaban J connectivity index is 3.97. The van der Waals surface area contributed by atoms with Crippen LogP contribution in [-0.2, 0) is 9.47 Å². The molecule has 0 aromatic rings. The molecule has 0 saturated carbocycles. The van der Waals surface area contributed by atoms with Crippen LogP contribution in [0, 0.1) is 5.41 Å². The molecular formula is C15H33NO2. The molecule has 0 saturated heterocycles. The van der Waals surface area contributed by atoms with Crippen molar-refractivity contribution in [2.45, 2.75) is 66.0 Å². The van der Waals surface area contributed by atoms with Gasteiger partial charge in [-0.25, -0.2) is 0 Å². The zero-order valence-electron chi connectivity index (χ0n) is 13.4. The lowest BCUT2D eigenvalue weighted by atomic mass is 9.87. The Morgan fingerprint density at radius 3 is 2.17 bits per heavy atom. The number of nitrogens with one attached hydrogen (secondary N) is 1. The summed E-state index contributed by atoms with van der Waals surface area (Å²) in [7, 11) is 1.75. The third kappa shape index (κ3) is 8.06. The van der Waals surface area contributed by atoms with Gasteiger partial charge in [0, 0.05) is 19.8 Å². The first-order valence-corrected chi connectivity index (χ1v) is 7.09. The van der Waals surface area contributed by atoms with Gasteiger partial charge in [-0.15, -0.1) is 0 Å². The first-order valence-electron chi connectivity index (χ1n) is 7.09. The average Bonchev–Trinajstić information content (AvgIpc) is 2.26. The lowest BCUT2D eigenvalue weighted by Crippen LogP contribution is -2.44. The van der Waals surface area contributed by atoms with Gasteiger partial charge in [-0.2, -0.15) is 0 Å². The Morgan fingerprint density at radius 2 is 1.72 bits per heavy atom. The van der Waals surface area contributed by atoms with Crippen molar-refractivity contribution in [1.82, 2.24) is 5.32 Å². The summed E-state index contributed by atoms with van der Waals surface area (Å²) in [6.45, 7) is 15.7. The summed E-state index contributed by atoms with van der Waals surface area (Å²) in [5.41, 5.74) is 0.139. The van der Waals surface area contributed by atoms with E-state index >= 15 is 0 Å². The van der Waals surface area contributed by atoms with Crippen molar-refractivity contribution in [3.05, 3.63) is 0 Å². The van der Waals surface area contributed by atoms with E-state index in [1.807, 2.05) is 0 Å². The largest absolute Gasteiger partial charge is 0.380 e. The molecule has 0 aromatic heterocycles. The standard InChI is InChI=1S/C15H33NO2/c1-8-10-16-13(14(2,3)4)12-18-11-9-15(5,6)17-7/h13,16H,8-12H2,1-7H3. The maximum atomic E-state index is 5.81. The monoisotopic (exact) mass is 259 g/mol. The van der Waals surface area contributed by atoms with E-state index in [9.17, 15) is 0 Å². The van der Waals surface area contributed by atoms with E-state index in [0.717, 1.165) is 32.6 Å². The highest BCUT2D eigenvalue weighted by molar-refractivity contribution is 4.80. The minimum Gasteiger partial charge on any atom is -0.380 e. The third-order valence-electron chi connectivity index (χ3n) is 3.37. The fourth-order valence-electron chi connectivity index (χ4n) is 1.55. The Kier molecular flexibility index (Phi) is 8.08. The number of methoxy groups -OCH3 is 1. The van der Waals surface area contributed by atoms with Gasteiger partial charge in [0.1, 0.15) is 0 Å². The second kappa shape index (κ2) is 8.13. The minimum atomic E-state index is -0.0892. The summed E-state index contributed by atoms with van der Waals surface area (Å²) in [6, 6.07) is 0.406. The van der Waals surface area contributed by atoms with Crippen molar-refractivity contribution >= 4 is 0 Å². The second-order valence-electron chi connectivity index (χ2n) is 6.66. The van der Waals surface area contributed by atoms with Crippen LogP contribution in [-0.4, -0.2) is 38.5 Å². The van der Waals surface area contributed by atoms with Crippen LogP contribution in [0.25, 0.3) is 0 Å². The topological polar surface area (TPSA) is 30.5 Å². The molecule has 1 unspecified atom stereocenters. The van der Waals surface area contributed by atoms with Crippen LogP contribution in [0.1, 0.15) is 54.4 Å². The van der Waals surface area contributed by atoms with Gasteiger partial charge in [-0.05, 0) is 38.6 Å². The maximum absolute atomic E-state index is 5.81. The van der Waals surface area contributed by atoms with Gasteiger partial charge in [0.25, 0.3) is 0 Å². The molecule has 3 nitrogen and oxygen atoms in total. The fourth-order valence-corrected chi connectivity index (χ4v) is 1.55. The molecule has 0 heterocycles. The molecular weight excluding hydrogens is 226 g/mol. The van der Waals surface area contributed by atoms with Gasteiger partial charge < -0.3 is 14.8 Å². The molecule has 0 fully saturated rings. The number of ether oxygens (including phenoxy) is 2.